The fraction of sp³-hybridized carbons (Fsp3) is 0.130. The molecule has 0 saturated carbocycles. The Labute approximate surface area is 178 Å². The van der Waals surface area contributed by atoms with Gasteiger partial charge in [-0.05, 0) is 55.5 Å². The molecule has 6 heteroatoms. The van der Waals surface area contributed by atoms with Crippen LogP contribution in [-0.4, -0.2) is 26.2 Å². The highest BCUT2D eigenvalue weighted by Gasteiger charge is 2.12. The summed E-state index contributed by atoms with van der Waals surface area (Å²) in [6.07, 6.45) is 2.09. The summed E-state index contributed by atoms with van der Waals surface area (Å²) in [4.78, 5) is 18.5. The summed E-state index contributed by atoms with van der Waals surface area (Å²) in [5.74, 6) is 1.72. The van der Waals surface area contributed by atoms with Crippen LogP contribution in [0.5, 0.6) is 0 Å². The van der Waals surface area contributed by atoms with Crippen LogP contribution in [0.25, 0.3) is 44.8 Å². The molecule has 2 N–H and O–H groups in total. The Morgan fingerprint density at radius 2 is 1.28 bits per heavy atom. The molecule has 0 fully saturated rings. The monoisotopic (exact) mass is 416 g/mol. The first kappa shape index (κ1) is 18.3. The first-order valence-electron chi connectivity index (χ1n) is 9.36. The van der Waals surface area contributed by atoms with Gasteiger partial charge in [-0.15, -0.1) is 24.4 Å². The third-order valence-electron chi connectivity index (χ3n) is 5.06. The van der Waals surface area contributed by atoms with E-state index in [1.165, 1.54) is 10.5 Å². The Morgan fingerprint density at radius 1 is 0.759 bits per heavy atom. The number of aryl methyl sites for hydroxylation is 2. The van der Waals surface area contributed by atoms with Gasteiger partial charge in [0.15, 0.2) is 0 Å². The molecule has 4 nitrogen and oxygen atoms in total. The summed E-state index contributed by atoms with van der Waals surface area (Å²) in [5, 5.41) is 0. The number of thioether (sulfide) groups is 1. The van der Waals surface area contributed by atoms with Crippen molar-refractivity contribution in [3.8, 4) is 22.8 Å². The van der Waals surface area contributed by atoms with Gasteiger partial charge in [-0.1, -0.05) is 24.3 Å². The predicted molar refractivity (Wildman–Crippen MR) is 125 cm³/mol. The lowest BCUT2D eigenvalue weighted by atomic mass is 10.1. The van der Waals surface area contributed by atoms with Crippen molar-refractivity contribution in [1.29, 1.82) is 0 Å². The molecule has 5 rings (SSSR count). The fourth-order valence-corrected chi connectivity index (χ4v) is 4.71. The lowest BCUT2D eigenvalue weighted by molar-refractivity contribution is 1.31. The topological polar surface area (TPSA) is 57.4 Å². The molecule has 0 aliphatic carbocycles. The lowest BCUT2D eigenvalue weighted by Crippen LogP contribution is -1.83. The van der Waals surface area contributed by atoms with E-state index >= 15 is 0 Å². The maximum absolute atomic E-state index is 4.84. The van der Waals surface area contributed by atoms with E-state index in [1.54, 1.807) is 11.8 Å². The Bertz CT molecular complexity index is 1360. The first-order chi connectivity index (χ1) is 14.0. The van der Waals surface area contributed by atoms with Crippen LogP contribution in [0, 0.1) is 13.8 Å². The molecule has 0 atom stereocenters. The minimum absolute atomic E-state index is 0.845. The zero-order valence-corrected chi connectivity index (χ0v) is 18.1. The molecule has 0 bridgehead atoms. The molecular weight excluding hydrogens is 396 g/mol. The average molecular weight is 417 g/mol. The second-order valence-electron chi connectivity index (χ2n) is 7.29. The number of aromatic amines is 2. The highest BCUT2D eigenvalue weighted by molar-refractivity contribution is 7.98. The average Bonchev–Trinajstić information content (AvgIpc) is 3.31. The van der Waals surface area contributed by atoms with E-state index in [0.29, 0.717) is 0 Å². The zero-order chi connectivity index (χ0) is 20.1. The third kappa shape index (κ3) is 3.22. The van der Waals surface area contributed by atoms with Crippen molar-refractivity contribution < 1.29 is 0 Å². The van der Waals surface area contributed by atoms with Crippen molar-refractivity contribution in [3.05, 3.63) is 59.7 Å². The van der Waals surface area contributed by atoms with Crippen LogP contribution < -0.4 is 0 Å². The van der Waals surface area contributed by atoms with Crippen molar-refractivity contribution in [1.82, 2.24) is 19.9 Å². The molecule has 2 heterocycles. The van der Waals surface area contributed by atoms with Gasteiger partial charge >= 0.3 is 0 Å². The van der Waals surface area contributed by atoms with Gasteiger partial charge in [0.1, 0.15) is 22.7 Å². The smallest absolute Gasteiger partial charge is 0.138 e. The number of nitrogens with one attached hydrogen (secondary N) is 2. The Hall–Kier alpha value is -2.70. The third-order valence-corrected chi connectivity index (χ3v) is 6.15. The number of thiol groups is 1. The van der Waals surface area contributed by atoms with Crippen molar-refractivity contribution in [2.24, 2.45) is 0 Å². The van der Waals surface area contributed by atoms with Gasteiger partial charge in [0.25, 0.3) is 0 Å². The van der Waals surface area contributed by atoms with E-state index in [-0.39, 0.29) is 0 Å². The van der Waals surface area contributed by atoms with Crippen LogP contribution in [0.2, 0.25) is 0 Å². The minimum Gasteiger partial charge on any atom is -0.338 e. The molecule has 0 aliphatic heterocycles. The Morgan fingerprint density at radius 3 is 1.86 bits per heavy atom. The van der Waals surface area contributed by atoms with Gasteiger partial charge in [-0.25, -0.2) is 9.97 Å². The molecule has 0 radical (unpaired) electrons. The molecule has 0 amide bonds. The second-order valence-corrected chi connectivity index (χ2v) is 8.62. The minimum atomic E-state index is 0.845. The van der Waals surface area contributed by atoms with Gasteiger partial charge in [0.05, 0.1) is 11.0 Å². The molecule has 5 aromatic rings. The zero-order valence-electron chi connectivity index (χ0n) is 16.4. The maximum atomic E-state index is 4.84. The van der Waals surface area contributed by atoms with E-state index in [2.05, 4.69) is 85.2 Å². The van der Waals surface area contributed by atoms with Crippen LogP contribution in [-0.2, 0) is 0 Å². The standard InChI is InChI=1S/C23H20N4S2/c1-12-8-16-20(18(28)10-12)26-22(24-16)14-4-6-15(7-5-14)23-25-17-9-13(2)11-19(29-3)21(17)27-23/h4-11,28H,1-3H3,(H,24,26)(H,25,27). The SMILES string of the molecule is CSc1cc(C)cc2[nH]c(-c3ccc(-c4nc5c(S)cc(C)cc5[nH]4)cc3)nc12. The van der Waals surface area contributed by atoms with E-state index in [1.807, 2.05) is 6.07 Å². The number of benzene rings is 3. The van der Waals surface area contributed by atoms with Crippen LogP contribution in [0.15, 0.2) is 58.3 Å². The van der Waals surface area contributed by atoms with Gasteiger partial charge in [0, 0.05) is 20.9 Å². The van der Waals surface area contributed by atoms with Crippen LogP contribution in [0.1, 0.15) is 11.1 Å². The molecule has 0 aliphatic rings. The molecule has 0 saturated heterocycles. The van der Waals surface area contributed by atoms with Gasteiger partial charge in [-0.3, -0.25) is 0 Å². The summed E-state index contributed by atoms with van der Waals surface area (Å²) in [6.45, 7) is 4.17. The number of imidazole rings is 2. The molecule has 0 spiro atoms. The number of H-pyrrole nitrogens is 2. The molecule has 144 valence electrons. The highest BCUT2D eigenvalue weighted by Crippen LogP contribution is 2.31. The summed E-state index contributed by atoms with van der Waals surface area (Å²) in [5.41, 5.74) is 8.48. The molecule has 29 heavy (non-hydrogen) atoms. The normalized spacial score (nSPS) is 11.6. The van der Waals surface area contributed by atoms with Gasteiger partial charge < -0.3 is 9.97 Å². The Balaban J connectivity index is 1.54. The van der Waals surface area contributed by atoms with Gasteiger partial charge in [0.2, 0.25) is 0 Å². The number of fused-ring (bicyclic) bond motifs is 2. The van der Waals surface area contributed by atoms with Crippen molar-refractivity contribution >= 4 is 46.5 Å². The molecule has 0 unspecified atom stereocenters. The van der Waals surface area contributed by atoms with E-state index < -0.39 is 0 Å². The summed E-state index contributed by atoms with van der Waals surface area (Å²) in [6, 6.07) is 16.8. The van der Waals surface area contributed by atoms with Crippen LogP contribution in [0.4, 0.5) is 0 Å². The van der Waals surface area contributed by atoms with Crippen molar-refractivity contribution in [2.75, 3.05) is 6.26 Å². The fourth-order valence-electron chi connectivity index (χ4n) is 3.68. The number of hydrogen-bond donors (Lipinski definition) is 3. The second kappa shape index (κ2) is 6.97. The summed E-state index contributed by atoms with van der Waals surface area (Å²) >= 11 is 6.28. The van der Waals surface area contributed by atoms with Crippen LogP contribution in [0.3, 0.4) is 0 Å². The number of nitrogens with zero attached hydrogens (tertiary/aromatic N) is 2. The highest BCUT2D eigenvalue weighted by atomic mass is 32.2. The number of rotatable bonds is 3. The predicted octanol–water partition coefficient (Wildman–Crippen LogP) is 6.40. The first-order valence-corrected chi connectivity index (χ1v) is 11.0. The Kier molecular flexibility index (Phi) is 4.41. The van der Waals surface area contributed by atoms with Crippen LogP contribution >= 0.6 is 24.4 Å². The van der Waals surface area contributed by atoms with E-state index in [9.17, 15) is 0 Å². The van der Waals surface area contributed by atoms with Crippen molar-refractivity contribution in [3.63, 3.8) is 0 Å². The molecular formula is C23H20N4S2. The van der Waals surface area contributed by atoms with E-state index in [4.69, 9.17) is 9.97 Å². The number of aromatic nitrogens is 4. The van der Waals surface area contributed by atoms with Crippen molar-refractivity contribution in [2.45, 2.75) is 23.6 Å². The van der Waals surface area contributed by atoms with Gasteiger partial charge in [-0.2, -0.15) is 0 Å². The largest absolute Gasteiger partial charge is 0.338 e. The number of hydrogen-bond acceptors (Lipinski definition) is 4. The maximum Gasteiger partial charge on any atom is 0.138 e. The molecule has 3 aromatic carbocycles. The summed E-state index contributed by atoms with van der Waals surface area (Å²) < 4.78 is 0. The quantitative estimate of drug-likeness (QED) is 0.236. The summed E-state index contributed by atoms with van der Waals surface area (Å²) in [7, 11) is 0. The van der Waals surface area contributed by atoms with E-state index in [0.717, 1.165) is 55.3 Å². The lowest BCUT2D eigenvalue weighted by Gasteiger charge is -1.99. The molecule has 2 aromatic heterocycles.